The van der Waals surface area contributed by atoms with Crippen LogP contribution in [0.2, 0.25) is 0 Å². The Morgan fingerprint density at radius 3 is 2.93 bits per heavy atom. The molecular weight excluding hydrogens is 190 g/mol. The molecule has 1 aromatic rings. The maximum atomic E-state index is 8.08. The van der Waals surface area contributed by atoms with Crippen LogP contribution in [0.25, 0.3) is 10.4 Å². The first-order chi connectivity index (χ1) is 7.36. The van der Waals surface area contributed by atoms with E-state index in [0.717, 1.165) is 32.4 Å². The van der Waals surface area contributed by atoms with E-state index in [1.54, 1.807) is 0 Å². The lowest BCUT2D eigenvalue weighted by molar-refractivity contribution is -0.696. The van der Waals surface area contributed by atoms with Crippen molar-refractivity contribution in [1.82, 2.24) is 4.57 Å². The average Bonchev–Trinajstić information content (AvgIpc) is 2.71. The molecule has 5 heteroatoms. The number of imidazole rings is 1. The fourth-order valence-corrected chi connectivity index (χ4v) is 1.46. The van der Waals surface area contributed by atoms with Gasteiger partial charge in [-0.25, -0.2) is 9.13 Å². The zero-order chi connectivity index (χ0) is 10.9. The van der Waals surface area contributed by atoms with Crippen molar-refractivity contribution < 1.29 is 4.57 Å². The number of azide groups is 1. The molecule has 0 aliphatic rings. The Morgan fingerprint density at radius 1 is 1.40 bits per heavy atom. The van der Waals surface area contributed by atoms with E-state index in [1.807, 2.05) is 0 Å². The molecule has 1 aromatic heterocycles. The molecule has 5 nitrogen and oxygen atoms in total. The second-order valence-electron chi connectivity index (χ2n) is 3.50. The molecule has 0 aliphatic heterocycles. The van der Waals surface area contributed by atoms with Gasteiger partial charge in [-0.05, 0) is 31.7 Å². The van der Waals surface area contributed by atoms with Crippen molar-refractivity contribution in [3.05, 3.63) is 29.2 Å². The Labute approximate surface area is 90.0 Å². The van der Waals surface area contributed by atoms with Crippen molar-refractivity contribution >= 4 is 0 Å². The summed E-state index contributed by atoms with van der Waals surface area (Å²) in [5, 5.41) is 3.50. The number of aryl methyl sites for hydroxylation is 2. The molecule has 15 heavy (non-hydrogen) atoms. The number of aromatic nitrogens is 2. The van der Waals surface area contributed by atoms with Crippen molar-refractivity contribution in [3.8, 4) is 0 Å². The van der Waals surface area contributed by atoms with Gasteiger partial charge in [0.05, 0.1) is 13.1 Å². The van der Waals surface area contributed by atoms with Crippen LogP contribution < -0.4 is 4.57 Å². The van der Waals surface area contributed by atoms with E-state index in [2.05, 4.69) is 44.8 Å². The summed E-state index contributed by atoms with van der Waals surface area (Å²) in [6.45, 7) is 4.81. The number of nitrogens with zero attached hydrogens (tertiary/aromatic N) is 5. The minimum Gasteiger partial charge on any atom is -0.237 e. The van der Waals surface area contributed by atoms with Gasteiger partial charge in [0.15, 0.2) is 0 Å². The highest BCUT2D eigenvalue weighted by Gasteiger charge is 2.00. The fourth-order valence-electron chi connectivity index (χ4n) is 1.46. The molecule has 0 bridgehead atoms. The summed E-state index contributed by atoms with van der Waals surface area (Å²) in [5.41, 5.74) is 8.08. The third-order valence-electron chi connectivity index (χ3n) is 2.35. The second-order valence-corrected chi connectivity index (χ2v) is 3.50. The van der Waals surface area contributed by atoms with Crippen LogP contribution in [0.1, 0.15) is 26.2 Å². The van der Waals surface area contributed by atoms with Crippen LogP contribution in [-0.4, -0.2) is 11.1 Å². The van der Waals surface area contributed by atoms with Crippen LogP contribution in [-0.2, 0) is 13.1 Å². The predicted octanol–water partition coefficient (Wildman–Crippen LogP) is 2.28. The van der Waals surface area contributed by atoms with Crippen LogP contribution in [0.15, 0.2) is 23.8 Å². The number of unbranched alkanes of at least 4 members (excludes halogenated alkanes) is 2. The van der Waals surface area contributed by atoms with Gasteiger partial charge >= 0.3 is 0 Å². The average molecular weight is 208 g/mol. The largest absolute Gasteiger partial charge is 0.243 e. The van der Waals surface area contributed by atoms with E-state index in [4.69, 9.17) is 5.53 Å². The summed E-state index contributed by atoms with van der Waals surface area (Å²) in [7, 11) is 0. The second kappa shape index (κ2) is 6.90. The minimum absolute atomic E-state index is 0.622. The summed E-state index contributed by atoms with van der Waals surface area (Å²) in [5.74, 6) is 0. The van der Waals surface area contributed by atoms with Crippen LogP contribution in [0.5, 0.6) is 0 Å². The zero-order valence-electron chi connectivity index (χ0n) is 9.21. The number of rotatable bonds is 7. The van der Waals surface area contributed by atoms with E-state index in [0.29, 0.717) is 6.54 Å². The quantitative estimate of drug-likeness (QED) is 0.217. The Morgan fingerprint density at radius 2 is 2.27 bits per heavy atom. The SMILES string of the molecule is CCn1cc[n+](CCCCCN=[N+]=[N-])c1. The highest BCUT2D eigenvalue weighted by molar-refractivity contribution is 4.64. The van der Waals surface area contributed by atoms with Crippen molar-refractivity contribution in [3.63, 3.8) is 0 Å². The van der Waals surface area contributed by atoms with Gasteiger partial charge in [0.25, 0.3) is 0 Å². The number of hydrogen-bond acceptors (Lipinski definition) is 1. The van der Waals surface area contributed by atoms with Gasteiger partial charge in [-0.15, -0.1) is 0 Å². The van der Waals surface area contributed by atoms with E-state index in [-0.39, 0.29) is 0 Å². The van der Waals surface area contributed by atoms with Gasteiger partial charge in [0, 0.05) is 11.5 Å². The van der Waals surface area contributed by atoms with Gasteiger partial charge < -0.3 is 0 Å². The number of hydrogen-bond donors (Lipinski definition) is 0. The monoisotopic (exact) mass is 208 g/mol. The topological polar surface area (TPSA) is 57.6 Å². The molecule has 0 radical (unpaired) electrons. The molecule has 0 saturated heterocycles. The Balaban J connectivity index is 2.11. The first-order valence-electron chi connectivity index (χ1n) is 5.42. The Hall–Kier alpha value is -1.48. The van der Waals surface area contributed by atoms with Crippen LogP contribution in [0.3, 0.4) is 0 Å². The van der Waals surface area contributed by atoms with Crippen LogP contribution in [0.4, 0.5) is 0 Å². The molecule has 0 aromatic carbocycles. The highest BCUT2D eigenvalue weighted by Crippen LogP contribution is 1.96. The summed E-state index contributed by atoms with van der Waals surface area (Å²) in [6, 6.07) is 0. The first kappa shape index (κ1) is 11.6. The normalized spacial score (nSPS) is 9.93. The molecule has 0 fully saturated rings. The van der Waals surface area contributed by atoms with E-state index in [1.165, 1.54) is 0 Å². The Bertz CT molecular complexity index is 324. The van der Waals surface area contributed by atoms with Crippen LogP contribution in [0, 0.1) is 0 Å². The minimum atomic E-state index is 0.622. The van der Waals surface area contributed by atoms with Crippen molar-refractivity contribution in [1.29, 1.82) is 0 Å². The van der Waals surface area contributed by atoms with Crippen LogP contribution >= 0.6 is 0 Å². The van der Waals surface area contributed by atoms with E-state index >= 15 is 0 Å². The zero-order valence-corrected chi connectivity index (χ0v) is 9.21. The molecule has 0 N–H and O–H groups in total. The lowest BCUT2D eigenvalue weighted by Gasteiger charge is -1.95. The van der Waals surface area contributed by atoms with Gasteiger partial charge in [-0.2, -0.15) is 0 Å². The van der Waals surface area contributed by atoms with Crippen molar-refractivity contribution in [2.24, 2.45) is 5.11 Å². The lowest BCUT2D eigenvalue weighted by atomic mass is 10.2. The molecule has 0 spiro atoms. The summed E-state index contributed by atoms with van der Waals surface area (Å²) >= 11 is 0. The van der Waals surface area contributed by atoms with Gasteiger partial charge in [-0.3, -0.25) is 0 Å². The smallest absolute Gasteiger partial charge is 0.237 e. The molecular formula is C10H18N5+. The van der Waals surface area contributed by atoms with Crippen molar-refractivity contribution in [2.45, 2.75) is 39.3 Å². The highest BCUT2D eigenvalue weighted by atomic mass is 15.1. The molecule has 1 heterocycles. The first-order valence-corrected chi connectivity index (χ1v) is 5.42. The van der Waals surface area contributed by atoms with Gasteiger partial charge in [0.1, 0.15) is 12.4 Å². The predicted molar refractivity (Wildman–Crippen MR) is 58.2 cm³/mol. The van der Waals surface area contributed by atoms with Crippen molar-refractivity contribution in [2.75, 3.05) is 6.54 Å². The molecule has 0 atom stereocenters. The third kappa shape index (κ3) is 4.51. The maximum Gasteiger partial charge on any atom is 0.243 e. The molecule has 82 valence electrons. The van der Waals surface area contributed by atoms with E-state index in [9.17, 15) is 0 Å². The molecule has 0 saturated carbocycles. The van der Waals surface area contributed by atoms with Gasteiger partial charge in [0.2, 0.25) is 6.33 Å². The summed E-state index contributed by atoms with van der Waals surface area (Å²) in [4.78, 5) is 2.72. The summed E-state index contributed by atoms with van der Waals surface area (Å²) in [6.07, 6.45) is 9.53. The molecule has 0 unspecified atom stereocenters. The maximum absolute atomic E-state index is 8.08. The molecule has 0 aliphatic carbocycles. The van der Waals surface area contributed by atoms with E-state index < -0.39 is 0 Å². The Kier molecular flexibility index (Phi) is 5.33. The standard InChI is InChI=1S/C10H18N5/c1-2-14-8-9-15(10-14)7-5-3-4-6-12-13-11/h8-10H,2-7H2,1H3/q+1. The lowest BCUT2D eigenvalue weighted by Crippen LogP contribution is -2.30. The fraction of sp³-hybridized carbons (Fsp3) is 0.700. The third-order valence-corrected chi connectivity index (χ3v) is 2.35. The molecule has 0 amide bonds. The molecule has 1 rings (SSSR count). The van der Waals surface area contributed by atoms with Gasteiger partial charge in [-0.1, -0.05) is 5.11 Å². The summed E-state index contributed by atoms with van der Waals surface area (Å²) < 4.78 is 4.34.